The van der Waals surface area contributed by atoms with Gasteiger partial charge in [-0.25, -0.2) is 9.18 Å². The van der Waals surface area contributed by atoms with Gasteiger partial charge in [0.1, 0.15) is 5.82 Å². The van der Waals surface area contributed by atoms with Crippen molar-refractivity contribution in [2.45, 2.75) is 26.2 Å². The maximum atomic E-state index is 13.4. The Morgan fingerprint density at radius 2 is 2.05 bits per heavy atom. The van der Waals surface area contributed by atoms with Gasteiger partial charge in [-0.3, -0.25) is 0 Å². The number of carboxylic acids is 1. The number of nitrogens with zero attached hydrogens (tertiary/aromatic N) is 4. The molecular weight excluding hydrogens is 251 g/mol. The van der Waals surface area contributed by atoms with Gasteiger partial charge in [0.15, 0.2) is 5.82 Å². The Balaban J connectivity index is 2.69. The van der Waals surface area contributed by atoms with Crippen LogP contribution in [0.5, 0.6) is 0 Å². The predicted molar refractivity (Wildman–Crippen MR) is 64.8 cm³/mol. The zero-order chi connectivity index (χ0) is 14.2. The highest BCUT2D eigenvalue weighted by atomic mass is 19.1. The van der Waals surface area contributed by atoms with Crippen LogP contribution in [-0.4, -0.2) is 31.3 Å². The van der Waals surface area contributed by atoms with Crippen LogP contribution in [-0.2, 0) is 5.41 Å². The van der Waals surface area contributed by atoms with Gasteiger partial charge in [0.25, 0.3) is 0 Å². The summed E-state index contributed by atoms with van der Waals surface area (Å²) >= 11 is 0. The quantitative estimate of drug-likeness (QED) is 0.894. The van der Waals surface area contributed by atoms with Gasteiger partial charge < -0.3 is 5.11 Å². The summed E-state index contributed by atoms with van der Waals surface area (Å²) in [7, 11) is 0. The van der Waals surface area contributed by atoms with Gasteiger partial charge in [0.05, 0.1) is 11.3 Å². The van der Waals surface area contributed by atoms with E-state index in [0.29, 0.717) is 5.82 Å². The van der Waals surface area contributed by atoms with E-state index in [-0.39, 0.29) is 11.3 Å². The largest absolute Gasteiger partial charge is 0.478 e. The third-order valence-electron chi connectivity index (χ3n) is 2.56. The van der Waals surface area contributed by atoms with Gasteiger partial charge in [-0.05, 0) is 22.6 Å². The van der Waals surface area contributed by atoms with Gasteiger partial charge in [0.2, 0.25) is 0 Å². The predicted octanol–water partition coefficient (Wildman–Crippen LogP) is 1.80. The third-order valence-corrected chi connectivity index (χ3v) is 2.56. The Kier molecular flexibility index (Phi) is 3.05. The van der Waals surface area contributed by atoms with Crippen molar-refractivity contribution < 1.29 is 14.3 Å². The molecule has 2 rings (SSSR count). The number of rotatable bonds is 2. The second-order valence-corrected chi connectivity index (χ2v) is 5.13. The van der Waals surface area contributed by atoms with E-state index >= 15 is 0 Å². The second kappa shape index (κ2) is 4.42. The molecule has 0 saturated carbocycles. The average molecular weight is 264 g/mol. The van der Waals surface area contributed by atoms with Gasteiger partial charge in [-0.2, -0.15) is 4.68 Å². The molecule has 1 aromatic heterocycles. The number of carboxylic acid groups (broad SMARTS) is 1. The van der Waals surface area contributed by atoms with Gasteiger partial charge in [0, 0.05) is 11.5 Å². The molecule has 19 heavy (non-hydrogen) atoms. The van der Waals surface area contributed by atoms with Crippen LogP contribution in [0.15, 0.2) is 18.2 Å². The molecule has 0 spiro atoms. The zero-order valence-corrected chi connectivity index (χ0v) is 10.8. The van der Waals surface area contributed by atoms with Crippen molar-refractivity contribution >= 4 is 5.97 Å². The number of halogens is 1. The minimum atomic E-state index is -1.16. The summed E-state index contributed by atoms with van der Waals surface area (Å²) in [5.74, 6) is -1.25. The highest BCUT2D eigenvalue weighted by Gasteiger charge is 2.25. The van der Waals surface area contributed by atoms with Crippen LogP contribution < -0.4 is 0 Å². The minimum Gasteiger partial charge on any atom is -0.478 e. The molecule has 0 saturated heterocycles. The standard InChI is InChI=1S/C12H13FN4O2/c1-12(2,3)11-14-15-16-17(11)9-6-7(13)4-5-8(9)10(18)19/h4-6H,1-3H3,(H,18,19). The van der Waals surface area contributed by atoms with E-state index in [1.165, 1.54) is 10.7 Å². The first-order chi connectivity index (χ1) is 8.80. The van der Waals surface area contributed by atoms with Gasteiger partial charge >= 0.3 is 5.97 Å². The van der Waals surface area contributed by atoms with Crippen LogP contribution in [0.2, 0.25) is 0 Å². The van der Waals surface area contributed by atoms with Gasteiger partial charge in [-0.15, -0.1) is 5.10 Å². The minimum absolute atomic E-state index is 0.0563. The lowest BCUT2D eigenvalue weighted by Gasteiger charge is -2.17. The Labute approximate surface area is 108 Å². The van der Waals surface area contributed by atoms with Crippen molar-refractivity contribution in [2.75, 3.05) is 0 Å². The Morgan fingerprint density at radius 3 is 2.63 bits per heavy atom. The average Bonchev–Trinajstić information content (AvgIpc) is 2.76. The molecule has 0 radical (unpaired) electrons. The molecule has 0 unspecified atom stereocenters. The first kappa shape index (κ1) is 13.1. The van der Waals surface area contributed by atoms with Crippen molar-refractivity contribution in [1.29, 1.82) is 0 Å². The molecule has 0 aliphatic carbocycles. The number of tetrazole rings is 1. The third kappa shape index (κ3) is 2.44. The first-order valence-electron chi connectivity index (χ1n) is 5.63. The van der Waals surface area contributed by atoms with Crippen LogP contribution in [0, 0.1) is 5.82 Å². The number of benzene rings is 1. The molecule has 0 bridgehead atoms. The molecule has 0 aliphatic heterocycles. The highest BCUT2D eigenvalue weighted by molar-refractivity contribution is 5.91. The molecule has 0 fully saturated rings. The van der Waals surface area contributed by atoms with Crippen molar-refractivity contribution in [2.24, 2.45) is 0 Å². The molecule has 1 heterocycles. The number of hydrogen-bond acceptors (Lipinski definition) is 4. The number of hydrogen-bond donors (Lipinski definition) is 1. The maximum Gasteiger partial charge on any atom is 0.337 e. The van der Waals surface area contributed by atoms with Crippen molar-refractivity contribution in [3.63, 3.8) is 0 Å². The molecule has 100 valence electrons. The molecule has 7 heteroatoms. The van der Waals surface area contributed by atoms with E-state index in [1.54, 1.807) is 0 Å². The lowest BCUT2D eigenvalue weighted by Crippen LogP contribution is -2.20. The normalized spacial score (nSPS) is 11.6. The number of aromatic carboxylic acids is 1. The van der Waals surface area contributed by atoms with E-state index in [1.807, 2.05) is 20.8 Å². The van der Waals surface area contributed by atoms with Crippen molar-refractivity contribution in [3.05, 3.63) is 35.4 Å². The summed E-state index contributed by atoms with van der Waals surface area (Å²) in [6.45, 7) is 5.65. The summed E-state index contributed by atoms with van der Waals surface area (Å²) in [4.78, 5) is 11.2. The van der Waals surface area contributed by atoms with Crippen LogP contribution in [0.1, 0.15) is 37.0 Å². The summed E-state index contributed by atoms with van der Waals surface area (Å²) in [5, 5.41) is 20.3. The summed E-state index contributed by atoms with van der Waals surface area (Å²) < 4.78 is 14.6. The van der Waals surface area contributed by atoms with E-state index in [2.05, 4.69) is 15.5 Å². The fourth-order valence-corrected chi connectivity index (χ4v) is 1.68. The molecule has 0 amide bonds. The lowest BCUT2D eigenvalue weighted by molar-refractivity contribution is 0.0696. The summed E-state index contributed by atoms with van der Waals surface area (Å²) in [6, 6.07) is 3.39. The number of carbonyl (C=O) groups is 1. The Bertz CT molecular complexity index is 631. The van der Waals surface area contributed by atoms with E-state index in [4.69, 9.17) is 5.11 Å². The van der Waals surface area contributed by atoms with Crippen LogP contribution in [0.25, 0.3) is 5.69 Å². The van der Waals surface area contributed by atoms with Crippen molar-refractivity contribution in [1.82, 2.24) is 20.2 Å². The zero-order valence-electron chi connectivity index (χ0n) is 10.8. The second-order valence-electron chi connectivity index (χ2n) is 5.13. The molecule has 0 atom stereocenters. The summed E-state index contributed by atoms with van der Waals surface area (Å²) in [5.41, 5.74) is -0.340. The fraction of sp³-hybridized carbons (Fsp3) is 0.333. The van der Waals surface area contributed by atoms with Crippen LogP contribution >= 0.6 is 0 Å². The van der Waals surface area contributed by atoms with E-state index in [9.17, 15) is 9.18 Å². The lowest BCUT2D eigenvalue weighted by atomic mass is 9.95. The monoisotopic (exact) mass is 264 g/mol. The van der Waals surface area contributed by atoms with E-state index in [0.717, 1.165) is 12.1 Å². The number of aromatic nitrogens is 4. The summed E-state index contributed by atoms with van der Waals surface area (Å²) in [6.07, 6.45) is 0. The molecule has 2 aromatic rings. The SMILES string of the molecule is CC(C)(C)c1nnnn1-c1cc(F)ccc1C(=O)O. The maximum absolute atomic E-state index is 13.4. The smallest absolute Gasteiger partial charge is 0.337 e. The topological polar surface area (TPSA) is 80.9 Å². The van der Waals surface area contributed by atoms with Crippen LogP contribution in [0.4, 0.5) is 4.39 Å². The molecule has 1 aromatic carbocycles. The molecule has 0 aliphatic rings. The highest BCUT2D eigenvalue weighted by Crippen LogP contribution is 2.24. The Hall–Kier alpha value is -2.31. The van der Waals surface area contributed by atoms with Gasteiger partial charge in [-0.1, -0.05) is 20.8 Å². The molecule has 6 nitrogen and oxygen atoms in total. The molecule has 1 N–H and O–H groups in total. The van der Waals surface area contributed by atoms with Crippen LogP contribution in [0.3, 0.4) is 0 Å². The van der Waals surface area contributed by atoms with E-state index < -0.39 is 17.2 Å². The molecular formula is C12H13FN4O2. The fourth-order valence-electron chi connectivity index (χ4n) is 1.68. The Morgan fingerprint density at radius 1 is 1.37 bits per heavy atom. The first-order valence-corrected chi connectivity index (χ1v) is 5.63. The van der Waals surface area contributed by atoms with Crippen molar-refractivity contribution in [3.8, 4) is 5.69 Å².